The van der Waals surface area contributed by atoms with E-state index in [9.17, 15) is 0 Å². The lowest BCUT2D eigenvalue weighted by atomic mass is 9.92. The summed E-state index contributed by atoms with van der Waals surface area (Å²) < 4.78 is 0. The van der Waals surface area contributed by atoms with E-state index in [2.05, 4.69) is 39.5 Å². The van der Waals surface area contributed by atoms with Crippen LogP contribution in [-0.2, 0) is 0 Å². The Morgan fingerprint density at radius 1 is 0.353 bits per heavy atom. The second-order valence-electron chi connectivity index (χ2n) is 12.0. The van der Waals surface area contributed by atoms with Gasteiger partial charge in [-0.3, -0.25) is 4.90 Å². The summed E-state index contributed by atoms with van der Waals surface area (Å²) in [7, 11) is 0. The van der Waals surface area contributed by atoms with E-state index in [1.54, 1.807) is 0 Å². The predicted octanol–water partition coefficient (Wildman–Crippen LogP) is 11.9. The van der Waals surface area contributed by atoms with Crippen molar-refractivity contribution in [3.63, 3.8) is 0 Å². The van der Waals surface area contributed by atoms with Gasteiger partial charge in [-0.05, 0) is 46.2 Å². The van der Waals surface area contributed by atoms with E-state index in [-0.39, 0.29) is 0 Å². The zero-order chi connectivity index (χ0) is 25.2. The van der Waals surface area contributed by atoms with Crippen molar-refractivity contribution in [2.24, 2.45) is 0 Å². The molecule has 0 amide bonds. The monoisotopic (exact) mass is 480 g/mol. The minimum Gasteiger partial charge on any atom is -0.298 e. The van der Waals surface area contributed by atoms with Crippen LogP contribution in [0, 0.1) is 0 Å². The summed E-state index contributed by atoms with van der Waals surface area (Å²) in [6, 6.07) is 0. The Morgan fingerprint density at radius 3 is 0.941 bits per heavy atom. The zero-order valence-electron chi connectivity index (χ0n) is 25.0. The van der Waals surface area contributed by atoms with Crippen LogP contribution in [0.15, 0.2) is 0 Å². The molecule has 0 aliphatic heterocycles. The van der Waals surface area contributed by atoms with Crippen molar-refractivity contribution in [3.8, 4) is 0 Å². The highest BCUT2D eigenvalue weighted by Crippen LogP contribution is 2.25. The van der Waals surface area contributed by atoms with E-state index in [0.29, 0.717) is 5.54 Å². The molecule has 0 aliphatic carbocycles. The molecule has 0 heterocycles. The second-order valence-corrected chi connectivity index (χ2v) is 12.0. The number of hydrogen-bond donors (Lipinski definition) is 0. The molecule has 0 unspecified atom stereocenters. The standard InChI is InChI=1S/C33H69N/c1-6-9-12-15-18-19-20-21-22-23-24-27-30-33(4,5)34(31-28-25-16-13-10-7-2)32-29-26-17-14-11-8-3/h6-32H2,1-5H3. The highest BCUT2D eigenvalue weighted by atomic mass is 15.2. The molecule has 0 N–H and O–H groups in total. The van der Waals surface area contributed by atoms with Crippen molar-refractivity contribution in [2.75, 3.05) is 13.1 Å². The lowest BCUT2D eigenvalue weighted by molar-refractivity contribution is 0.102. The number of unbranched alkanes of at least 4 members (excludes halogenated alkanes) is 21. The third kappa shape index (κ3) is 22.4. The Bertz CT molecular complexity index is 359. The Labute approximate surface area is 218 Å². The Morgan fingerprint density at radius 2 is 0.618 bits per heavy atom. The van der Waals surface area contributed by atoms with Gasteiger partial charge in [0.2, 0.25) is 0 Å². The van der Waals surface area contributed by atoms with Gasteiger partial charge in [-0.1, -0.05) is 162 Å². The van der Waals surface area contributed by atoms with Crippen LogP contribution >= 0.6 is 0 Å². The van der Waals surface area contributed by atoms with Crippen molar-refractivity contribution in [2.45, 2.75) is 201 Å². The summed E-state index contributed by atoms with van der Waals surface area (Å²) in [4.78, 5) is 2.88. The molecule has 0 aromatic rings. The third-order valence-electron chi connectivity index (χ3n) is 8.06. The van der Waals surface area contributed by atoms with Crippen LogP contribution in [0.2, 0.25) is 0 Å². The molecular formula is C33H69N. The summed E-state index contributed by atoms with van der Waals surface area (Å²) >= 11 is 0. The lowest BCUT2D eigenvalue weighted by Gasteiger charge is -2.39. The fourth-order valence-corrected chi connectivity index (χ4v) is 5.44. The summed E-state index contributed by atoms with van der Waals surface area (Å²) in [5, 5.41) is 0. The average Bonchev–Trinajstić information content (AvgIpc) is 2.82. The minimum absolute atomic E-state index is 0.380. The molecule has 0 bridgehead atoms. The molecule has 0 rings (SSSR count). The molecule has 0 saturated heterocycles. The predicted molar refractivity (Wildman–Crippen MR) is 158 cm³/mol. The number of hydrogen-bond acceptors (Lipinski definition) is 1. The van der Waals surface area contributed by atoms with Gasteiger partial charge in [-0.2, -0.15) is 0 Å². The first-order chi connectivity index (χ1) is 16.6. The van der Waals surface area contributed by atoms with Crippen LogP contribution in [0.1, 0.15) is 195 Å². The van der Waals surface area contributed by atoms with Gasteiger partial charge in [0.05, 0.1) is 0 Å². The van der Waals surface area contributed by atoms with E-state index in [1.165, 1.54) is 174 Å². The first-order valence-electron chi connectivity index (χ1n) is 16.3. The van der Waals surface area contributed by atoms with Gasteiger partial charge in [0.25, 0.3) is 0 Å². The largest absolute Gasteiger partial charge is 0.298 e. The first kappa shape index (κ1) is 34.0. The third-order valence-corrected chi connectivity index (χ3v) is 8.06. The fourth-order valence-electron chi connectivity index (χ4n) is 5.44. The van der Waals surface area contributed by atoms with Gasteiger partial charge in [0, 0.05) is 5.54 Å². The maximum Gasteiger partial charge on any atom is 0.0153 e. The molecule has 34 heavy (non-hydrogen) atoms. The van der Waals surface area contributed by atoms with E-state index >= 15 is 0 Å². The lowest BCUT2D eigenvalue weighted by Crippen LogP contribution is -2.45. The van der Waals surface area contributed by atoms with Crippen LogP contribution in [0.25, 0.3) is 0 Å². The smallest absolute Gasteiger partial charge is 0.0153 e. The molecule has 0 radical (unpaired) electrons. The molecule has 0 spiro atoms. The summed E-state index contributed by atoms with van der Waals surface area (Å²) in [5.41, 5.74) is 0.380. The van der Waals surface area contributed by atoms with Crippen LogP contribution in [0.3, 0.4) is 0 Å². The van der Waals surface area contributed by atoms with Crippen LogP contribution in [-0.4, -0.2) is 23.5 Å². The maximum absolute atomic E-state index is 2.88. The molecule has 0 aromatic heterocycles. The van der Waals surface area contributed by atoms with Gasteiger partial charge in [0.15, 0.2) is 0 Å². The molecule has 0 aliphatic rings. The molecular weight excluding hydrogens is 410 g/mol. The minimum atomic E-state index is 0.380. The van der Waals surface area contributed by atoms with Gasteiger partial charge in [-0.15, -0.1) is 0 Å². The maximum atomic E-state index is 2.88. The number of rotatable bonds is 28. The van der Waals surface area contributed by atoms with E-state index in [4.69, 9.17) is 0 Å². The molecule has 0 atom stereocenters. The van der Waals surface area contributed by atoms with Crippen molar-refractivity contribution >= 4 is 0 Å². The van der Waals surface area contributed by atoms with Gasteiger partial charge in [0.1, 0.15) is 0 Å². The van der Waals surface area contributed by atoms with Gasteiger partial charge < -0.3 is 0 Å². The molecule has 0 fully saturated rings. The normalized spacial score (nSPS) is 12.2. The summed E-state index contributed by atoms with van der Waals surface area (Å²) in [5.74, 6) is 0. The van der Waals surface area contributed by atoms with Crippen molar-refractivity contribution < 1.29 is 0 Å². The second kappa shape index (κ2) is 26.0. The van der Waals surface area contributed by atoms with E-state index < -0.39 is 0 Å². The Balaban J connectivity index is 4.07. The first-order valence-corrected chi connectivity index (χ1v) is 16.3. The van der Waals surface area contributed by atoms with E-state index in [1.807, 2.05) is 0 Å². The van der Waals surface area contributed by atoms with Crippen LogP contribution in [0.5, 0.6) is 0 Å². The quantitative estimate of drug-likeness (QED) is 0.101. The summed E-state index contributed by atoms with van der Waals surface area (Å²) in [6.07, 6.45) is 35.8. The van der Waals surface area contributed by atoms with Crippen LogP contribution < -0.4 is 0 Å². The van der Waals surface area contributed by atoms with E-state index in [0.717, 1.165) is 0 Å². The van der Waals surface area contributed by atoms with Crippen molar-refractivity contribution in [1.29, 1.82) is 0 Å². The summed E-state index contributed by atoms with van der Waals surface area (Å²) in [6.45, 7) is 14.7. The van der Waals surface area contributed by atoms with Gasteiger partial charge >= 0.3 is 0 Å². The highest BCUT2D eigenvalue weighted by Gasteiger charge is 2.25. The van der Waals surface area contributed by atoms with Gasteiger partial charge in [-0.25, -0.2) is 0 Å². The van der Waals surface area contributed by atoms with Crippen LogP contribution in [0.4, 0.5) is 0 Å². The van der Waals surface area contributed by atoms with Crippen molar-refractivity contribution in [1.82, 2.24) is 4.90 Å². The SMILES string of the molecule is CCCCCCCCCCCCCCC(C)(C)N(CCCCCCCC)CCCCCCCC. The Kier molecular flexibility index (Phi) is 26.0. The molecule has 0 saturated carbocycles. The average molecular weight is 480 g/mol. The topological polar surface area (TPSA) is 3.24 Å². The zero-order valence-corrected chi connectivity index (χ0v) is 25.0. The molecule has 1 heteroatoms. The molecule has 1 nitrogen and oxygen atoms in total. The Hall–Kier alpha value is -0.0400. The molecule has 206 valence electrons. The fraction of sp³-hybridized carbons (Fsp3) is 1.00. The van der Waals surface area contributed by atoms with Crippen molar-refractivity contribution in [3.05, 3.63) is 0 Å². The highest BCUT2D eigenvalue weighted by molar-refractivity contribution is 4.81. The number of nitrogens with zero attached hydrogens (tertiary/aromatic N) is 1. The molecule has 0 aromatic carbocycles.